The van der Waals surface area contributed by atoms with E-state index in [-0.39, 0.29) is 36.8 Å². The van der Waals surface area contributed by atoms with Crippen molar-refractivity contribution in [2.45, 2.75) is 63.7 Å². The Labute approximate surface area is 215 Å². The molecule has 4 aromatic rings. The van der Waals surface area contributed by atoms with Gasteiger partial charge in [-0.2, -0.15) is 0 Å². The van der Waals surface area contributed by atoms with E-state index in [1.807, 2.05) is 47.9 Å². The summed E-state index contributed by atoms with van der Waals surface area (Å²) in [5.74, 6) is -0.132. The highest BCUT2D eigenvalue weighted by Gasteiger charge is 2.53. The fourth-order valence-corrected chi connectivity index (χ4v) is 6.00. The number of benzene rings is 2. The van der Waals surface area contributed by atoms with Crippen LogP contribution in [-0.2, 0) is 23.4 Å². The zero-order chi connectivity index (χ0) is 25.6. The highest BCUT2D eigenvalue weighted by Crippen LogP contribution is 2.41. The third kappa shape index (κ3) is 4.02. The van der Waals surface area contributed by atoms with Gasteiger partial charge in [0.15, 0.2) is 11.1 Å². The number of halogens is 1. The van der Waals surface area contributed by atoms with Crippen molar-refractivity contribution in [3.05, 3.63) is 95.1 Å². The van der Waals surface area contributed by atoms with E-state index in [0.29, 0.717) is 16.8 Å². The first-order chi connectivity index (χ1) is 18.0. The minimum Gasteiger partial charge on any atom is -0.460 e. The predicted molar refractivity (Wildman–Crippen MR) is 138 cm³/mol. The summed E-state index contributed by atoms with van der Waals surface area (Å²) >= 11 is 0. The molecule has 1 aliphatic heterocycles. The molecular weight excluding hydrogens is 469 g/mol. The van der Waals surface area contributed by atoms with Crippen molar-refractivity contribution >= 4 is 22.9 Å². The third-order valence-corrected chi connectivity index (χ3v) is 7.82. The predicted octanol–water partition coefficient (Wildman–Crippen LogP) is 5.68. The molecule has 1 fully saturated rings. The second kappa shape index (κ2) is 9.21. The van der Waals surface area contributed by atoms with Crippen molar-refractivity contribution in [2.75, 3.05) is 0 Å². The number of nitrogens with zero attached hydrogens (tertiary/aromatic N) is 2. The summed E-state index contributed by atoms with van der Waals surface area (Å²) in [5.41, 5.74) is 1.88. The molecular formula is C30H30FN3O3. The molecule has 190 valence electrons. The van der Waals surface area contributed by atoms with E-state index in [2.05, 4.69) is 5.32 Å². The number of hydrogen-bond acceptors (Lipinski definition) is 3. The first kappa shape index (κ1) is 23.5. The monoisotopic (exact) mass is 499 g/mol. The number of aromatic nitrogens is 1. The van der Waals surface area contributed by atoms with Gasteiger partial charge in [0.25, 0.3) is 11.8 Å². The van der Waals surface area contributed by atoms with Gasteiger partial charge in [0.1, 0.15) is 17.3 Å². The summed E-state index contributed by atoms with van der Waals surface area (Å²) in [4.78, 5) is 30.3. The van der Waals surface area contributed by atoms with E-state index in [0.717, 1.165) is 42.5 Å². The molecule has 1 atom stereocenters. The van der Waals surface area contributed by atoms with Crippen LogP contribution in [0.15, 0.2) is 71.1 Å². The standard InChI is InChI=1S/C30H30FN3O3/c1-20-15-25-27(37-20)17-26-28(35)34(18-21-9-8-12-23(31)16-21)30(19-33(25)26,22-10-4-2-5-11-22)29(36)32-24-13-6-3-7-14-24/h2,4-5,8-12,15-17,24H,3,6-7,13-14,18-19H2,1H3,(H,32,36). The maximum absolute atomic E-state index is 14.5. The summed E-state index contributed by atoms with van der Waals surface area (Å²) in [7, 11) is 0. The van der Waals surface area contributed by atoms with Gasteiger partial charge in [0.05, 0.1) is 12.1 Å². The van der Waals surface area contributed by atoms with Crippen molar-refractivity contribution in [1.29, 1.82) is 0 Å². The molecule has 0 saturated heterocycles. The normalized spacial score (nSPS) is 20.3. The van der Waals surface area contributed by atoms with Crippen LogP contribution >= 0.6 is 0 Å². The second-order valence-electron chi connectivity index (χ2n) is 10.3. The van der Waals surface area contributed by atoms with Crippen molar-refractivity contribution in [1.82, 2.24) is 14.8 Å². The Morgan fingerprint density at radius 1 is 1.05 bits per heavy atom. The van der Waals surface area contributed by atoms with Crippen molar-refractivity contribution < 1.29 is 18.4 Å². The lowest BCUT2D eigenvalue weighted by Crippen LogP contribution is -2.64. The van der Waals surface area contributed by atoms with Crippen LogP contribution in [0.5, 0.6) is 0 Å². The molecule has 2 aliphatic rings. The second-order valence-corrected chi connectivity index (χ2v) is 10.3. The number of aryl methyl sites for hydroxylation is 1. The number of furan rings is 1. The van der Waals surface area contributed by atoms with Crippen LogP contribution in [0.3, 0.4) is 0 Å². The molecule has 2 aromatic carbocycles. The first-order valence-electron chi connectivity index (χ1n) is 13.0. The summed E-state index contributed by atoms with van der Waals surface area (Å²) < 4.78 is 21.9. The van der Waals surface area contributed by atoms with Crippen molar-refractivity contribution in [3.8, 4) is 0 Å². The lowest BCUT2D eigenvalue weighted by Gasteiger charge is -2.47. The molecule has 3 heterocycles. The lowest BCUT2D eigenvalue weighted by molar-refractivity contribution is -0.136. The minimum absolute atomic E-state index is 0.0650. The van der Waals surface area contributed by atoms with Crippen LogP contribution in [0.2, 0.25) is 0 Å². The van der Waals surface area contributed by atoms with E-state index in [4.69, 9.17) is 4.42 Å². The van der Waals surface area contributed by atoms with Crippen LogP contribution in [0.4, 0.5) is 4.39 Å². The van der Waals surface area contributed by atoms with Gasteiger partial charge < -0.3 is 19.2 Å². The lowest BCUT2D eigenvalue weighted by atomic mass is 9.83. The van der Waals surface area contributed by atoms with Crippen LogP contribution in [0.1, 0.15) is 59.5 Å². The molecule has 0 spiro atoms. The Bertz CT molecular complexity index is 1470. The summed E-state index contributed by atoms with van der Waals surface area (Å²) in [6.07, 6.45) is 5.17. The van der Waals surface area contributed by atoms with Gasteiger partial charge in [-0.05, 0) is 43.0 Å². The Morgan fingerprint density at radius 3 is 2.59 bits per heavy atom. The van der Waals surface area contributed by atoms with E-state index >= 15 is 0 Å². The minimum atomic E-state index is -1.33. The first-order valence-corrected chi connectivity index (χ1v) is 13.0. The number of rotatable bonds is 5. The molecule has 0 bridgehead atoms. The molecule has 2 amide bonds. The molecule has 1 unspecified atom stereocenters. The zero-order valence-electron chi connectivity index (χ0n) is 20.9. The summed E-state index contributed by atoms with van der Waals surface area (Å²) in [6.45, 7) is 2.19. The number of hydrogen-bond donors (Lipinski definition) is 1. The smallest absolute Gasteiger partial charge is 0.272 e. The van der Waals surface area contributed by atoms with Gasteiger partial charge in [0, 0.05) is 24.7 Å². The van der Waals surface area contributed by atoms with E-state index in [1.54, 1.807) is 23.1 Å². The molecule has 37 heavy (non-hydrogen) atoms. The zero-order valence-corrected chi connectivity index (χ0v) is 20.9. The van der Waals surface area contributed by atoms with E-state index in [9.17, 15) is 14.0 Å². The third-order valence-electron chi connectivity index (χ3n) is 7.82. The van der Waals surface area contributed by atoms with E-state index in [1.165, 1.54) is 18.6 Å². The molecule has 1 saturated carbocycles. The fourth-order valence-electron chi connectivity index (χ4n) is 6.00. The Hall–Kier alpha value is -3.87. The Balaban J connectivity index is 1.54. The molecule has 1 N–H and O–H groups in total. The average Bonchev–Trinajstić information content (AvgIpc) is 3.43. The molecule has 2 aromatic heterocycles. The summed E-state index contributed by atoms with van der Waals surface area (Å²) in [6, 6.07) is 19.4. The average molecular weight is 500 g/mol. The maximum atomic E-state index is 14.5. The van der Waals surface area contributed by atoms with Gasteiger partial charge in [-0.15, -0.1) is 0 Å². The Kier molecular flexibility index (Phi) is 5.86. The van der Waals surface area contributed by atoms with Crippen LogP contribution < -0.4 is 5.32 Å². The maximum Gasteiger partial charge on any atom is 0.272 e. The number of fused-ring (bicyclic) bond motifs is 3. The van der Waals surface area contributed by atoms with Gasteiger partial charge >= 0.3 is 0 Å². The number of carbonyl (C=O) groups excluding carboxylic acids is 2. The quantitative estimate of drug-likeness (QED) is 0.384. The number of nitrogens with one attached hydrogen (secondary N) is 1. The number of amides is 2. The molecule has 1 aliphatic carbocycles. The highest BCUT2D eigenvalue weighted by atomic mass is 19.1. The summed E-state index contributed by atoms with van der Waals surface area (Å²) in [5, 5.41) is 3.31. The molecule has 6 nitrogen and oxygen atoms in total. The van der Waals surface area contributed by atoms with Crippen molar-refractivity contribution in [3.63, 3.8) is 0 Å². The van der Waals surface area contributed by atoms with Crippen LogP contribution in [0, 0.1) is 12.7 Å². The van der Waals surface area contributed by atoms with Gasteiger partial charge in [-0.3, -0.25) is 9.59 Å². The topological polar surface area (TPSA) is 67.5 Å². The van der Waals surface area contributed by atoms with Gasteiger partial charge in [-0.1, -0.05) is 61.7 Å². The SMILES string of the molecule is Cc1cc2c(cc3n2CC(C(=O)NC2CCCCC2)(c2ccccc2)N(Cc2cccc(F)c2)C3=O)o1. The highest BCUT2D eigenvalue weighted by molar-refractivity contribution is 6.03. The van der Waals surface area contributed by atoms with Gasteiger partial charge in [-0.25, -0.2) is 4.39 Å². The molecule has 7 heteroatoms. The fraction of sp³-hybridized carbons (Fsp3) is 0.333. The van der Waals surface area contributed by atoms with Crippen LogP contribution in [0.25, 0.3) is 11.1 Å². The number of carbonyl (C=O) groups is 2. The van der Waals surface area contributed by atoms with Crippen LogP contribution in [-0.4, -0.2) is 27.3 Å². The van der Waals surface area contributed by atoms with Crippen molar-refractivity contribution in [2.24, 2.45) is 0 Å². The van der Waals surface area contributed by atoms with E-state index < -0.39 is 5.54 Å². The largest absolute Gasteiger partial charge is 0.460 e. The molecule has 0 radical (unpaired) electrons. The van der Waals surface area contributed by atoms with Gasteiger partial charge in [0.2, 0.25) is 0 Å². The molecule has 6 rings (SSSR count). The Morgan fingerprint density at radius 2 is 1.84 bits per heavy atom.